The highest BCUT2D eigenvalue weighted by molar-refractivity contribution is 5.80. The standard InChI is InChI=1S/C17H19N3O/c1-18-10-16-17(21)7-6-15(19-16)12-20-9-8-13-4-2-3-5-14(13)11-20/h2-7,10,21H,8-9,11-12H2,1H3. The Morgan fingerprint density at radius 2 is 2.05 bits per heavy atom. The molecule has 3 rings (SSSR count). The van der Waals surface area contributed by atoms with Crippen molar-refractivity contribution in [2.75, 3.05) is 13.6 Å². The van der Waals surface area contributed by atoms with Crippen LogP contribution in [0.1, 0.15) is 22.5 Å². The molecule has 21 heavy (non-hydrogen) atoms. The van der Waals surface area contributed by atoms with E-state index < -0.39 is 0 Å². The molecule has 0 amide bonds. The highest BCUT2D eigenvalue weighted by Gasteiger charge is 2.16. The predicted molar refractivity (Wildman–Crippen MR) is 83.7 cm³/mol. The first-order chi connectivity index (χ1) is 10.3. The summed E-state index contributed by atoms with van der Waals surface area (Å²) in [5.41, 5.74) is 4.35. The van der Waals surface area contributed by atoms with Gasteiger partial charge in [0.05, 0.1) is 11.9 Å². The lowest BCUT2D eigenvalue weighted by molar-refractivity contribution is 0.242. The van der Waals surface area contributed by atoms with Crippen LogP contribution < -0.4 is 0 Å². The lowest BCUT2D eigenvalue weighted by Crippen LogP contribution is -2.30. The highest BCUT2D eigenvalue weighted by Crippen LogP contribution is 2.21. The van der Waals surface area contributed by atoms with Crippen LogP contribution in [-0.4, -0.2) is 34.8 Å². The Hall–Kier alpha value is -2.20. The fourth-order valence-electron chi connectivity index (χ4n) is 2.73. The third-order valence-corrected chi connectivity index (χ3v) is 3.81. The summed E-state index contributed by atoms with van der Waals surface area (Å²) in [4.78, 5) is 10.8. The van der Waals surface area contributed by atoms with Crippen molar-refractivity contribution in [2.24, 2.45) is 4.99 Å². The smallest absolute Gasteiger partial charge is 0.142 e. The number of hydrogen-bond acceptors (Lipinski definition) is 4. The molecule has 1 aliphatic heterocycles. The van der Waals surface area contributed by atoms with Gasteiger partial charge in [-0.3, -0.25) is 9.89 Å². The Morgan fingerprint density at radius 3 is 2.86 bits per heavy atom. The van der Waals surface area contributed by atoms with Crippen LogP contribution in [0.4, 0.5) is 0 Å². The number of hydrogen-bond donors (Lipinski definition) is 1. The van der Waals surface area contributed by atoms with E-state index in [1.165, 1.54) is 11.1 Å². The highest BCUT2D eigenvalue weighted by atomic mass is 16.3. The minimum atomic E-state index is 0.174. The fourth-order valence-corrected chi connectivity index (χ4v) is 2.73. The average molecular weight is 281 g/mol. The maximum absolute atomic E-state index is 9.73. The van der Waals surface area contributed by atoms with Gasteiger partial charge >= 0.3 is 0 Å². The van der Waals surface area contributed by atoms with Gasteiger partial charge in [-0.2, -0.15) is 0 Å². The minimum absolute atomic E-state index is 0.174. The van der Waals surface area contributed by atoms with Gasteiger partial charge in [0.1, 0.15) is 11.4 Å². The molecule has 0 bridgehead atoms. The third kappa shape index (κ3) is 3.11. The molecule has 0 unspecified atom stereocenters. The van der Waals surface area contributed by atoms with Gasteiger partial charge in [0.2, 0.25) is 0 Å². The van der Waals surface area contributed by atoms with Gasteiger partial charge in [-0.1, -0.05) is 24.3 Å². The van der Waals surface area contributed by atoms with E-state index in [-0.39, 0.29) is 5.75 Å². The van der Waals surface area contributed by atoms with E-state index in [1.54, 1.807) is 19.3 Å². The lowest BCUT2D eigenvalue weighted by atomic mass is 10.00. The molecule has 0 fully saturated rings. The zero-order valence-electron chi connectivity index (χ0n) is 12.2. The lowest BCUT2D eigenvalue weighted by Gasteiger charge is -2.28. The van der Waals surface area contributed by atoms with Crippen LogP contribution in [0.25, 0.3) is 0 Å². The molecule has 0 saturated heterocycles. The third-order valence-electron chi connectivity index (χ3n) is 3.81. The first kappa shape index (κ1) is 13.8. The number of pyridine rings is 1. The summed E-state index contributed by atoms with van der Waals surface area (Å²) in [5, 5.41) is 9.73. The van der Waals surface area contributed by atoms with Crippen LogP contribution >= 0.6 is 0 Å². The summed E-state index contributed by atoms with van der Waals surface area (Å²) < 4.78 is 0. The first-order valence-corrected chi connectivity index (χ1v) is 7.16. The predicted octanol–water partition coefficient (Wildman–Crippen LogP) is 2.39. The Labute approximate surface area is 124 Å². The molecule has 1 N–H and O–H groups in total. The van der Waals surface area contributed by atoms with Crippen molar-refractivity contribution in [3.8, 4) is 5.75 Å². The van der Waals surface area contributed by atoms with Crippen LogP contribution in [0.2, 0.25) is 0 Å². The SMILES string of the molecule is CN=Cc1nc(CN2CCc3ccccc3C2)ccc1O. The van der Waals surface area contributed by atoms with Gasteiger partial charge in [-0.25, -0.2) is 4.98 Å². The van der Waals surface area contributed by atoms with Crippen LogP contribution in [0.15, 0.2) is 41.4 Å². The molecule has 0 spiro atoms. The van der Waals surface area contributed by atoms with Crippen LogP contribution in [-0.2, 0) is 19.5 Å². The Balaban J connectivity index is 1.75. The van der Waals surface area contributed by atoms with Crippen LogP contribution in [0.3, 0.4) is 0 Å². The second-order valence-electron chi connectivity index (χ2n) is 5.32. The molecule has 0 aliphatic carbocycles. The van der Waals surface area contributed by atoms with Crippen LogP contribution in [0, 0.1) is 0 Å². The van der Waals surface area contributed by atoms with Gasteiger partial charge < -0.3 is 5.11 Å². The summed E-state index contributed by atoms with van der Waals surface area (Å²) in [6.07, 6.45) is 2.67. The first-order valence-electron chi connectivity index (χ1n) is 7.16. The fraction of sp³-hybridized carbons (Fsp3) is 0.294. The molecular formula is C17H19N3O. The molecule has 0 radical (unpaired) electrons. The number of nitrogens with zero attached hydrogens (tertiary/aromatic N) is 3. The summed E-state index contributed by atoms with van der Waals surface area (Å²) in [7, 11) is 1.68. The Bertz CT molecular complexity index is 667. The van der Waals surface area contributed by atoms with Crippen molar-refractivity contribution in [2.45, 2.75) is 19.5 Å². The Kier molecular flexibility index (Phi) is 3.97. The van der Waals surface area contributed by atoms with Gasteiger partial charge in [0, 0.05) is 26.7 Å². The van der Waals surface area contributed by atoms with Crippen molar-refractivity contribution in [1.29, 1.82) is 0 Å². The molecule has 2 aromatic rings. The molecule has 0 saturated carbocycles. The monoisotopic (exact) mass is 281 g/mol. The molecule has 1 aromatic carbocycles. The molecule has 2 heterocycles. The zero-order valence-corrected chi connectivity index (χ0v) is 12.2. The van der Waals surface area contributed by atoms with E-state index in [2.05, 4.69) is 39.1 Å². The quantitative estimate of drug-likeness (QED) is 0.879. The number of aromatic nitrogens is 1. The maximum Gasteiger partial charge on any atom is 0.142 e. The number of aliphatic imine (C=N–C) groups is 1. The summed E-state index contributed by atoms with van der Waals surface area (Å²) in [5.74, 6) is 0.174. The largest absolute Gasteiger partial charge is 0.506 e. The minimum Gasteiger partial charge on any atom is -0.506 e. The Morgan fingerprint density at radius 1 is 1.24 bits per heavy atom. The van der Waals surface area contributed by atoms with Gasteiger partial charge in [0.25, 0.3) is 0 Å². The molecule has 4 heteroatoms. The number of fused-ring (bicyclic) bond motifs is 1. The van der Waals surface area contributed by atoms with Crippen molar-refractivity contribution >= 4 is 6.21 Å². The van der Waals surface area contributed by atoms with E-state index in [0.29, 0.717) is 5.69 Å². The van der Waals surface area contributed by atoms with E-state index in [9.17, 15) is 5.11 Å². The zero-order chi connectivity index (χ0) is 14.7. The number of rotatable bonds is 3. The maximum atomic E-state index is 9.73. The normalized spacial score (nSPS) is 15.3. The van der Waals surface area contributed by atoms with E-state index in [4.69, 9.17) is 0 Å². The number of aromatic hydroxyl groups is 1. The summed E-state index contributed by atoms with van der Waals surface area (Å²) in [6.45, 7) is 2.78. The van der Waals surface area contributed by atoms with Crippen LogP contribution in [0.5, 0.6) is 5.75 Å². The van der Waals surface area contributed by atoms with E-state index in [1.807, 2.05) is 6.07 Å². The molecule has 4 nitrogen and oxygen atoms in total. The van der Waals surface area contributed by atoms with Crippen molar-refractivity contribution in [1.82, 2.24) is 9.88 Å². The van der Waals surface area contributed by atoms with Crippen molar-refractivity contribution < 1.29 is 5.11 Å². The van der Waals surface area contributed by atoms with Gasteiger partial charge in [0.15, 0.2) is 0 Å². The number of benzene rings is 1. The average Bonchev–Trinajstić information content (AvgIpc) is 2.51. The second-order valence-corrected chi connectivity index (χ2v) is 5.32. The van der Waals surface area contributed by atoms with Gasteiger partial charge in [-0.15, -0.1) is 0 Å². The summed E-state index contributed by atoms with van der Waals surface area (Å²) in [6, 6.07) is 12.2. The molecule has 1 aliphatic rings. The molecule has 0 atom stereocenters. The topological polar surface area (TPSA) is 48.7 Å². The van der Waals surface area contributed by atoms with Crippen molar-refractivity contribution in [3.05, 3.63) is 58.9 Å². The second kappa shape index (κ2) is 6.06. The molecular weight excluding hydrogens is 262 g/mol. The van der Waals surface area contributed by atoms with E-state index in [0.717, 1.165) is 31.7 Å². The molecule has 108 valence electrons. The van der Waals surface area contributed by atoms with Gasteiger partial charge in [-0.05, 0) is 29.7 Å². The van der Waals surface area contributed by atoms with Crippen molar-refractivity contribution in [3.63, 3.8) is 0 Å². The molecule has 1 aromatic heterocycles. The summed E-state index contributed by atoms with van der Waals surface area (Å²) >= 11 is 0. The van der Waals surface area contributed by atoms with E-state index >= 15 is 0 Å².